The highest BCUT2D eigenvalue weighted by molar-refractivity contribution is 7.47. The highest BCUT2D eigenvalue weighted by Crippen LogP contribution is 2.45. The number of hydrogen-bond donors (Lipinski definition) is 3. The maximum absolute atomic E-state index is 13.0. The van der Waals surface area contributed by atoms with Crippen molar-refractivity contribution in [3.8, 4) is 0 Å². The molecule has 90 heavy (non-hydrogen) atoms. The Hall–Kier alpha value is -1.94. The summed E-state index contributed by atoms with van der Waals surface area (Å²) in [5.74, 6) is 0.173. The molecule has 0 fully saturated rings. The maximum atomic E-state index is 13.0. The van der Waals surface area contributed by atoms with Gasteiger partial charge >= 0.3 is 39.5 Å². The second kappa shape index (κ2) is 61.9. The molecular weight excluding hydrogens is 1190 g/mol. The average molecular weight is 1330 g/mol. The van der Waals surface area contributed by atoms with Gasteiger partial charge < -0.3 is 33.8 Å². The Balaban J connectivity index is 5.19. The van der Waals surface area contributed by atoms with Crippen LogP contribution in [0.15, 0.2) is 0 Å². The third kappa shape index (κ3) is 63.5. The van der Waals surface area contributed by atoms with Crippen molar-refractivity contribution in [2.75, 3.05) is 39.6 Å². The standard InChI is InChI=1S/C71H138O17P2/c1-8-10-11-12-28-38-45-52-68(73)81-58-67(88-71(76)55-48-41-34-33-36-43-50-63(5)6)61-86-90(79,80)84-57-65(72)56-83-89(77,78)85-60-66(59-82-69(74)53-46-39-31-26-22-19-15-16-20-24-29-35-42-49-62(3)4)87-70(75)54-47-40-32-27-23-18-14-13-17-21-25-30-37-44-51-64(7)9-2/h62-67,72H,8-61H2,1-7H3,(H,77,78)(H,79,80)/t64?,65-,66-,67-/m1/s1. The molecule has 0 saturated heterocycles. The fraction of sp³-hybridized carbons (Fsp3) is 0.944. The van der Waals surface area contributed by atoms with E-state index in [1.807, 2.05) is 0 Å². The number of aliphatic hydroxyl groups is 1. The van der Waals surface area contributed by atoms with Gasteiger partial charge in [-0.2, -0.15) is 0 Å². The van der Waals surface area contributed by atoms with Crippen molar-refractivity contribution in [3.05, 3.63) is 0 Å². The summed E-state index contributed by atoms with van der Waals surface area (Å²) >= 11 is 0. The van der Waals surface area contributed by atoms with Crippen molar-refractivity contribution >= 4 is 39.5 Å². The quantitative estimate of drug-likeness (QED) is 0.0222. The summed E-state index contributed by atoms with van der Waals surface area (Å²) in [6.45, 7) is 11.8. The lowest BCUT2D eigenvalue weighted by Crippen LogP contribution is -2.30. The Kier molecular flexibility index (Phi) is 60.6. The van der Waals surface area contributed by atoms with Crippen molar-refractivity contribution in [1.82, 2.24) is 0 Å². The van der Waals surface area contributed by atoms with Crippen molar-refractivity contribution in [3.63, 3.8) is 0 Å². The van der Waals surface area contributed by atoms with Gasteiger partial charge in [-0.3, -0.25) is 37.3 Å². The average Bonchev–Trinajstić information content (AvgIpc) is 3.70. The number of rotatable bonds is 69. The molecule has 3 unspecified atom stereocenters. The molecule has 534 valence electrons. The van der Waals surface area contributed by atoms with E-state index in [4.69, 9.17) is 37.0 Å². The van der Waals surface area contributed by atoms with Gasteiger partial charge in [0.2, 0.25) is 0 Å². The molecular formula is C71H138O17P2. The Labute approximate surface area is 549 Å². The molecule has 0 heterocycles. The second-order valence-corrected chi connectivity index (χ2v) is 29.7. The molecule has 0 aliphatic heterocycles. The smallest absolute Gasteiger partial charge is 0.462 e. The molecule has 0 aromatic heterocycles. The molecule has 3 N–H and O–H groups in total. The van der Waals surface area contributed by atoms with E-state index in [0.717, 1.165) is 115 Å². The van der Waals surface area contributed by atoms with Gasteiger partial charge in [0.25, 0.3) is 0 Å². The molecule has 0 amide bonds. The van der Waals surface area contributed by atoms with Crippen molar-refractivity contribution < 1.29 is 80.2 Å². The lowest BCUT2D eigenvalue weighted by molar-refractivity contribution is -0.161. The van der Waals surface area contributed by atoms with Crippen LogP contribution in [0.4, 0.5) is 0 Å². The van der Waals surface area contributed by atoms with Crippen LogP contribution in [0.5, 0.6) is 0 Å². The normalized spacial score (nSPS) is 14.5. The van der Waals surface area contributed by atoms with E-state index in [1.54, 1.807) is 0 Å². The van der Waals surface area contributed by atoms with Crippen LogP contribution in [0.25, 0.3) is 0 Å². The molecule has 0 aromatic rings. The maximum Gasteiger partial charge on any atom is 0.472 e. The second-order valence-electron chi connectivity index (χ2n) is 26.8. The van der Waals surface area contributed by atoms with Gasteiger partial charge in [0, 0.05) is 25.7 Å². The van der Waals surface area contributed by atoms with E-state index in [9.17, 15) is 43.2 Å². The third-order valence-electron chi connectivity index (χ3n) is 16.7. The number of phosphoric ester groups is 2. The van der Waals surface area contributed by atoms with E-state index in [0.29, 0.717) is 31.6 Å². The molecule has 19 heteroatoms. The summed E-state index contributed by atoms with van der Waals surface area (Å²) in [6.07, 6.45) is 46.1. The van der Waals surface area contributed by atoms with Crippen LogP contribution in [-0.2, 0) is 65.4 Å². The van der Waals surface area contributed by atoms with Crippen molar-refractivity contribution in [2.45, 2.75) is 375 Å². The molecule has 0 radical (unpaired) electrons. The molecule has 0 aliphatic carbocycles. The predicted molar refractivity (Wildman–Crippen MR) is 363 cm³/mol. The van der Waals surface area contributed by atoms with Gasteiger partial charge in [0.1, 0.15) is 19.3 Å². The fourth-order valence-electron chi connectivity index (χ4n) is 10.7. The van der Waals surface area contributed by atoms with Gasteiger partial charge in [-0.25, -0.2) is 9.13 Å². The minimum atomic E-state index is -4.95. The summed E-state index contributed by atoms with van der Waals surface area (Å²) in [5.41, 5.74) is 0. The molecule has 0 saturated carbocycles. The van der Waals surface area contributed by atoms with Crippen molar-refractivity contribution in [2.24, 2.45) is 17.8 Å². The predicted octanol–water partition coefficient (Wildman–Crippen LogP) is 20.2. The van der Waals surface area contributed by atoms with Gasteiger partial charge in [-0.15, -0.1) is 0 Å². The lowest BCUT2D eigenvalue weighted by atomic mass is 9.99. The lowest BCUT2D eigenvalue weighted by Gasteiger charge is -2.21. The van der Waals surface area contributed by atoms with E-state index in [2.05, 4.69) is 48.5 Å². The van der Waals surface area contributed by atoms with Crippen LogP contribution in [0.3, 0.4) is 0 Å². The molecule has 0 spiro atoms. The van der Waals surface area contributed by atoms with Crippen LogP contribution >= 0.6 is 15.6 Å². The Morgan fingerprint density at radius 1 is 0.322 bits per heavy atom. The number of hydrogen-bond acceptors (Lipinski definition) is 15. The third-order valence-corrected chi connectivity index (χ3v) is 18.6. The summed E-state index contributed by atoms with van der Waals surface area (Å²) in [7, 11) is -9.90. The van der Waals surface area contributed by atoms with E-state index >= 15 is 0 Å². The number of unbranched alkanes of at least 4 members (excludes halogenated alkanes) is 36. The van der Waals surface area contributed by atoms with Crippen LogP contribution in [-0.4, -0.2) is 96.7 Å². The van der Waals surface area contributed by atoms with E-state index < -0.39 is 97.5 Å². The summed E-state index contributed by atoms with van der Waals surface area (Å²) in [6, 6.07) is 0. The van der Waals surface area contributed by atoms with E-state index in [-0.39, 0.29) is 25.7 Å². The SMILES string of the molecule is CCCCCCCCCC(=O)OC[C@H](COP(=O)(O)OC[C@H](O)COP(=O)(O)OC[C@@H](COC(=O)CCCCCCCCCCCCCCCC(C)C)OC(=O)CCCCCCCCCCCCCCCCC(C)CC)OC(=O)CCCCCCCCC(C)C. The van der Waals surface area contributed by atoms with Crippen LogP contribution in [0, 0.1) is 17.8 Å². The largest absolute Gasteiger partial charge is 0.472 e. The van der Waals surface area contributed by atoms with Crippen LogP contribution in [0.1, 0.15) is 357 Å². The zero-order valence-corrected chi connectivity index (χ0v) is 60.4. The number of aliphatic hydroxyl groups excluding tert-OH is 1. The van der Waals surface area contributed by atoms with Crippen LogP contribution in [0.2, 0.25) is 0 Å². The molecule has 0 rings (SSSR count). The molecule has 0 aromatic carbocycles. The highest BCUT2D eigenvalue weighted by atomic mass is 31.2. The van der Waals surface area contributed by atoms with Gasteiger partial charge in [0.05, 0.1) is 26.4 Å². The zero-order chi connectivity index (χ0) is 66.6. The number of esters is 4. The Morgan fingerprint density at radius 2 is 0.567 bits per heavy atom. The molecule has 0 aliphatic rings. The number of carbonyl (C=O) groups excluding carboxylic acids is 4. The number of ether oxygens (including phenoxy) is 4. The molecule has 17 nitrogen and oxygen atoms in total. The first-order valence-electron chi connectivity index (χ1n) is 36.9. The van der Waals surface area contributed by atoms with Gasteiger partial charge in [-0.05, 0) is 43.4 Å². The zero-order valence-electron chi connectivity index (χ0n) is 58.6. The first kappa shape index (κ1) is 88.1. The monoisotopic (exact) mass is 1320 g/mol. The Bertz CT molecular complexity index is 1770. The highest BCUT2D eigenvalue weighted by Gasteiger charge is 2.30. The van der Waals surface area contributed by atoms with E-state index in [1.165, 1.54) is 154 Å². The fourth-order valence-corrected chi connectivity index (χ4v) is 12.3. The summed E-state index contributed by atoms with van der Waals surface area (Å²) in [5, 5.41) is 10.6. The van der Waals surface area contributed by atoms with Gasteiger partial charge in [-0.1, -0.05) is 305 Å². The Morgan fingerprint density at radius 3 is 0.844 bits per heavy atom. The molecule has 0 bridgehead atoms. The minimum absolute atomic E-state index is 0.102. The first-order valence-corrected chi connectivity index (χ1v) is 39.9. The number of phosphoric acid groups is 2. The van der Waals surface area contributed by atoms with Crippen LogP contribution < -0.4 is 0 Å². The van der Waals surface area contributed by atoms with Gasteiger partial charge in [0.15, 0.2) is 12.2 Å². The topological polar surface area (TPSA) is 237 Å². The summed E-state index contributed by atoms with van der Waals surface area (Å²) in [4.78, 5) is 72.4. The minimum Gasteiger partial charge on any atom is -0.462 e. The van der Waals surface area contributed by atoms with Crippen molar-refractivity contribution in [1.29, 1.82) is 0 Å². The first-order chi connectivity index (χ1) is 43.3. The number of carbonyl (C=O) groups is 4. The summed E-state index contributed by atoms with van der Waals surface area (Å²) < 4.78 is 68.2. The molecule has 6 atom stereocenters.